The fourth-order valence-corrected chi connectivity index (χ4v) is 2.95. The van der Waals surface area contributed by atoms with E-state index in [4.69, 9.17) is 23.2 Å². The van der Waals surface area contributed by atoms with E-state index in [0.717, 1.165) is 0 Å². The summed E-state index contributed by atoms with van der Waals surface area (Å²) in [4.78, 5) is 0. The van der Waals surface area contributed by atoms with Crippen LogP contribution in [0, 0.1) is 0 Å². The zero-order chi connectivity index (χ0) is 8.58. The maximum atomic E-state index is 5.88. The van der Waals surface area contributed by atoms with E-state index in [1.54, 1.807) is 0 Å². The Hall–Kier alpha value is 0.797. The maximum Gasteiger partial charge on any atom is 0.0976 e. The first kappa shape index (κ1) is 10.8. The molecule has 62 valence electrons. The molecular formula is C7H16Cl2Si. The summed E-state index contributed by atoms with van der Waals surface area (Å²) in [7, 11) is -1.45. The van der Waals surface area contributed by atoms with Gasteiger partial charge in [0.2, 0.25) is 0 Å². The molecule has 0 aliphatic rings. The quantitative estimate of drug-likeness (QED) is 0.444. The lowest BCUT2D eigenvalue weighted by Crippen LogP contribution is -2.43. The van der Waals surface area contributed by atoms with Crippen molar-refractivity contribution in [2.24, 2.45) is 0 Å². The molecule has 0 aromatic heterocycles. The Labute approximate surface area is 74.9 Å². The van der Waals surface area contributed by atoms with Gasteiger partial charge >= 0.3 is 0 Å². The third-order valence-corrected chi connectivity index (χ3v) is 10.7. The van der Waals surface area contributed by atoms with Crippen molar-refractivity contribution >= 4 is 31.3 Å². The van der Waals surface area contributed by atoms with Crippen LogP contribution >= 0.6 is 23.2 Å². The van der Waals surface area contributed by atoms with Crippen LogP contribution in [0.1, 0.15) is 20.8 Å². The van der Waals surface area contributed by atoms with Gasteiger partial charge in [-0.25, -0.2) is 0 Å². The molecule has 0 amide bonds. The van der Waals surface area contributed by atoms with E-state index < -0.39 is 8.07 Å². The largest absolute Gasteiger partial charge is 0.109 e. The maximum absolute atomic E-state index is 5.88. The highest BCUT2D eigenvalue weighted by Gasteiger charge is 2.40. The van der Waals surface area contributed by atoms with Crippen LogP contribution in [0.5, 0.6) is 0 Å². The molecule has 0 rings (SSSR count). The molecule has 0 nitrogen and oxygen atoms in total. The molecule has 0 unspecified atom stereocenters. The molecule has 0 saturated heterocycles. The van der Waals surface area contributed by atoms with Crippen molar-refractivity contribution in [1.29, 1.82) is 0 Å². The smallest absolute Gasteiger partial charge is 0.0976 e. The molecule has 0 aliphatic carbocycles. The molecule has 0 bridgehead atoms. The lowest BCUT2D eigenvalue weighted by Gasteiger charge is -2.37. The molecule has 0 N–H and O–H groups in total. The highest BCUT2D eigenvalue weighted by molar-refractivity contribution is 6.94. The van der Waals surface area contributed by atoms with Crippen LogP contribution in [0.15, 0.2) is 0 Å². The fourth-order valence-electron chi connectivity index (χ4n) is 0.327. The molecular weight excluding hydrogens is 183 g/mol. The predicted octanol–water partition coefficient (Wildman–Crippen LogP) is 3.84. The molecule has 10 heavy (non-hydrogen) atoms. The van der Waals surface area contributed by atoms with E-state index in [1.807, 2.05) is 0 Å². The Bertz CT molecular complexity index is 113. The van der Waals surface area contributed by atoms with Gasteiger partial charge < -0.3 is 0 Å². The van der Waals surface area contributed by atoms with E-state index in [1.165, 1.54) is 0 Å². The summed E-state index contributed by atoms with van der Waals surface area (Å²) in [5.74, 6) is 0. The van der Waals surface area contributed by atoms with Crippen molar-refractivity contribution in [3.8, 4) is 0 Å². The minimum absolute atomic E-state index is 0.160. The Kier molecular flexibility index (Phi) is 3.28. The predicted molar refractivity (Wildman–Crippen MR) is 52.7 cm³/mol. The first-order valence-corrected chi connectivity index (χ1v) is 7.43. The minimum Gasteiger partial charge on any atom is -0.109 e. The summed E-state index contributed by atoms with van der Waals surface area (Å²) in [6.45, 7) is 11.1. The Balaban J connectivity index is 4.40. The van der Waals surface area contributed by atoms with Gasteiger partial charge in [0.05, 0.1) is 12.5 Å². The number of alkyl halides is 2. The van der Waals surface area contributed by atoms with E-state index in [9.17, 15) is 0 Å². The number of rotatable bonds is 1. The second-order valence-corrected chi connectivity index (χ2v) is 11.6. The Morgan fingerprint density at radius 3 is 1.40 bits per heavy atom. The highest BCUT2D eigenvalue weighted by atomic mass is 35.5. The number of hydrogen-bond donors (Lipinski definition) is 0. The standard InChI is InChI=1S/C7H16Cl2Si/c1-7(2,3)10(4,5)6(8)9/h6H,1-5H3. The SMILES string of the molecule is CC(C)(C)[Si](C)(C)C(Cl)Cl. The average molecular weight is 199 g/mol. The van der Waals surface area contributed by atoms with Crippen molar-refractivity contribution in [3.05, 3.63) is 0 Å². The fraction of sp³-hybridized carbons (Fsp3) is 1.00. The third kappa shape index (κ3) is 2.14. The normalized spacial score (nSPS) is 14.4. The van der Waals surface area contributed by atoms with E-state index in [0.29, 0.717) is 5.04 Å². The second-order valence-electron chi connectivity index (χ2n) is 4.27. The molecule has 0 aliphatic heterocycles. The summed E-state index contributed by atoms with van der Waals surface area (Å²) in [5, 5.41) is 0.293. The van der Waals surface area contributed by atoms with Crippen LogP contribution < -0.4 is 0 Å². The Morgan fingerprint density at radius 2 is 1.40 bits per heavy atom. The molecule has 0 aromatic rings. The summed E-state index contributed by atoms with van der Waals surface area (Å²) >= 11 is 11.8. The summed E-state index contributed by atoms with van der Waals surface area (Å²) in [5.41, 5.74) is 0. The second kappa shape index (κ2) is 3.04. The van der Waals surface area contributed by atoms with Crippen LogP contribution in [0.4, 0.5) is 0 Å². The summed E-state index contributed by atoms with van der Waals surface area (Å²) in [6, 6.07) is 0. The minimum atomic E-state index is -1.45. The van der Waals surface area contributed by atoms with Gasteiger partial charge in [0.1, 0.15) is 0 Å². The summed E-state index contributed by atoms with van der Waals surface area (Å²) in [6.07, 6.45) is 0. The number of halogens is 2. The molecule has 0 radical (unpaired) electrons. The summed E-state index contributed by atoms with van der Waals surface area (Å²) < 4.78 is -0.160. The van der Waals surface area contributed by atoms with Gasteiger partial charge in [-0.2, -0.15) is 0 Å². The molecule has 0 spiro atoms. The number of hydrogen-bond acceptors (Lipinski definition) is 0. The monoisotopic (exact) mass is 198 g/mol. The van der Waals surface area contributed by atoms with E-state index >= 15 is 0 Å². The topological polar surface area (TPSA) is 0 Å². The van der Waals surface area contributed by atoms with Crippen molar-refractivity contribution in [1.82, 2.24) is 0 Å². The van der Waals surface area contributed by atoms with Gasteiger partial charge in [-0.1, -0.05) is 33.9 Å². The molecule has 0 atom stereocenters. The van der Waals surface area contributed by atoms with Crippen molar-refractivity contribution in [3.63, 3.8) is 0 Å². The lowest BCUT2D eigenvalue weighted by atomic mass is 10.2. The van der Waals surface area contributed by atoms with Crippen molar-refractivity contribution in [2.75, 3.05) is 0 Å². The van der Waals surface area contributed by atoms with Crippen molar-refractivity contribution < 1.29 is 0 Å². The zero-order valence-electron chi connectivity index (χ0n) is 7.33. The van der Waals surface area contributed by atoms with E-state index in [2.05, 4.69) is 33.9 Å². The zero-order valence-corrected chi connectivity index (χ0v) is 9.85. The van der Waals surface area contributed by atoms with Crippen molar-refractivity contribution in [2.45, 2.75) is 43.4 Å². The van der Waals surface area contributed by atoms with Gasteiger partial charge in [-0.3, -0.25) is 0 Å². The highest BCUT2D eigenvalue weighted by Crippen LogP contribution is 2.41. The van der Waals surface area contributed by atoms with Crippen LogP contribution in [0.25, 0.3) is 0 Å². The lowest BCUT2D eigenvalue weighted by molar-refractivity contribution is 0.720. The van der Waals surface area contributed by atoms with Gasteiger partial charge in [0, 0.05) is 0 Å². The van der Waals surface area contributed by atoms with Crippen LogP contribution in [-0.4, -0.2) is 12.5 Å². The molecule has 0 aromatic carbocycles. The van der Waals surface area contributed by atoms with Gasteiger partial charge in [0.25, 0.3) is 0 Å². The first-order chi connectivity index (χ1) is 4.19. The van der Waals surface area contributed by atoms with Gasteiger partial charge in [-0.15, -0.1) is 23.2 Å². The van der Waals surface area contributed by atoms with Crippen LogP contribution in [0.2, 0.25) is 18.1 Å². The average Bonchev–Trinajstić information content (AvgIpc) is 1.62. The van der Waals surface area contributed by atoms with Crippen LogP contribution in [0.3, 0.4) is 0 Å². The third-order valence-electron chi connectivity index (χ3n) is 2.48. The van der Waals surface area contributed by atoms with Gasteiger partial charge in [0.15, 0.2) is 0 Å². The molecule has 3 heteroatoms. The Morgan fingerprint density at radius 1 is 1.10 bits per heavy atom. The molecule has 0 heterocycles. The van der Waals surface area contributed by atoms with Gasteiger partial charge in [-0.05, 0) is 5.04 Å². The molecule has 0 saturated carbocycles. The molecule has 0 fully saturated rings. The van der Waals surface area contributed by atoms with E-state index in [-0.39, 0.29) is 4.46 Å². The first-order valence-electron chi connectivity index (χ1n) is 3.48. The van der Waals surface area contributed by atoms with Crippen LogP contribution in [-0.2, 0) is 0 Å².